The van der Waals surface area contributed by atoms with Crippen molar-refractivity contribution in [1.29, 1.82) is 0 Å². The van der Waals surface area contributed by atoms with Gasteiger partial charge in [0.15, 0.2) is 0 Å². The third-order valence-corrected chi connectivity index (χ3v) is 25.4. The largest absolute Gasteiger partial charge is 0.496 e. The summed E-state index contributed by atoms with van der Waals surface area (Å²) in [5.74, 6) is 2.02. The molecule has 2 aliphatic heterocycles. The number of fused-ring (bicyclic) bond motifs is 4. The fourth-order valence-corrected chi connectivity index (χ4v) is 18.9. The van der Waals surface area contributed by atoms with Crippen LogP contribution in [-0.2, 0) is 50.0 Å². The monoisotopic (exact) mass is 1450 g/mol. The van der Waals surface area contributed by atoms with Gasteiger partial charge in [0.25, 0.3) is 5.91 Å². The Bertz CT molecular complexity index is 3770. The van der Waals surface area contributed by atoms with Crippen LogP contribution in [0.1, 0.15) is 126 Å². The van der Waals surface area contributed by atoms with E-state index in [1.165, 1.54) is 34.6 Å². The van der Waals surface area contributed by atoms with Gasteiger partial charge in [0.2, 0.25) is 17.7 Å². The number of ether oxygens (including phenoxy) is 2. The predicted octanol–water partition coefficient (Wildman–Crippen LogP) is 9.55. The molecule has 1 aromatic heterocycles. The van der Waals surface area contributed by atoms with E-state index in [4.69, 9.17) is 19.1 Å². The molecule has 104 heavy (non-hydrogen) atoms. The predicted molar refractivity (Wildman–Crippen MR) is 410 cm³/mol. The Hall–Kier alpha value is -6.70. The van der Waals surface area contributed by atoms with Crippen molar-refractivity contribution in [3.8, 4) is 33.8 Å². The summed E-state index contributed by atoms with van der Waals surface area (Å²) in [6, 6.07) is 25.7. The molecule has 5 aromatic rings. The Kier molecular flexibility index (Phi) is 25.8. The molecule has 13 rings (SSSR count). The number of carbonyl (C=O) groups excluding carboxylic acids is 4. The number of aliphatic hydroxyl groups excluding tert-OH is 4. The highest BCUT2D eigenvalue weighted by atomic mass is 32.1. The summed E-state index contributed by atoms with van der Waals surface area (Å²) < 4.78 is 12.2. The minimum atomic E-state index is -0.923. The Labute approximate surface area is 621 Å². The zero-order valence-corrected chi connectivity index (χ0v) is 65.6. The minimum Gasteiger partial charge on any atom is -0.496 e. The normalized spacial score (nSPS) is 27.5. The van der Waals surface area contributed by atoms with Crippen molar-refractivity contribution in [3.05, 3.63) is 117 Å². The summed E-state index contributed by atoms with van der Waals surface area (Å²) in [7, 11) is 18.8. The van der Waals surface area contributed by atoms with Crippen molar-refractivity contribution < 1.29 is 58.8 Å². The molecule has 8 aliphatic rings. The quantitative estimate of drug-likeness (QED) is 0.0231. The van der Waals surface area contributed by atoms with Gasteiger partial charge in [-0.05, 0) is 184 Å². The Morgan fingerprint density at radius 2 is 1.12 bits per heavy atom. The van der Waals surface area contributed by atoms with Gasteiger partial charge in [0, 0.05) is 117 Å². The third-order valence-electron chi connectivity index (χ3n) is 24.5. The number of para-hydroxylation sites is 2. The van der Waals surface area contributed by atoms with Gasteiger partial charge in [0.05, 0.1) is 52.7 Å². The van der Waals surface area contributed by atoms with Crippen LogP contribution < -0.4 is 35.2 Å². The van der Waals surface area contributed by atoms with E-state index in [9.17, 15) is 39.6 Å². The second kappa shape index (κ2) is 33.6. The SMILES string of the molecule is COc1c(CN2O[C@@H](CO)[C@@H]([C@H](C)O)[C@H]2C(=O)N[C@H]2C[C@H]3C[C@@H]([C@@H]2C)C3(C)C)cccc1-c1cc(C(=O)N[C@@H](Cc2cccs2)C(=O)N(C)C)cc(N(C)C)c1.COc1c(CN2O[C@@H](CO)[C@H]([C@H](C)O)[C@H]2C(=O)N[C@H]2C[C@H]3C[C@@H]([C@@H]2C)C3(C)C)cccc1-c1cc(CCCCN(C)C)cc(N(C)C)c1. The van der Waals surface area contributed by atoms with Crippen molar-refractivity contribution in [2.75, 3.05) is 100 Å². The number of hydrogen-bond acceptors (Lipinski definition) is 18. The number of hydrogen-bond donors (Lipinski definition) is 7. The molecule has 7 N–H and O–H groups in total. The number of hydroxylamine groups is 4. The zero-order chi connectivity index (χ0) is 75.5. The van der Waals surface area contributed by atoms with Crippen LogP contribution in [0.3, 0.4) is 0 Å². The van der Waals surface area contributed by atoms with Crippen LogP contribution >= 0.6 is 11.3 Å². The van der Waals surface area contributed by atoms with Crippen LogP contribution in [0.25, 0.3) is 22.3 Å². The second-order valence-electron chi connectivity index (χ2n) is 32.7. The molecule has 0 spiro atoms. The van der Waals surface area contributed by atoms with E-state index in [1.807, 2.05) is 72.9 Å². The number of carbonyl (C=O) groups is 4. The molecule has 8 fully saturated rings. The lowest BCUT2D eigenvalue weighted by molar-refractivity contribution is -0.183. The number of unbranched alkanes of at least 4 members (excludes halogenated alkanes) is 1. The number of likely N-dealkylation sites (N-methyl/N-ethyl adjacent to an activating group) is 1. The van der Waals surface area contributed by atoms with Crippen LogP contribution in [0.5, 0.6) is 11.5 Å². The first kappa shape index (κ1) is 79.9. The summed E-state index contributed by atoms with van der Waals surface area (Å²) in [5.41, 5.74) is 9.20. The van der Waals surface area contributed by atoms with Crippen LogP contribution in [0.2, 0.25) is 0 Å². The summed E-state index contributed by atoms with van der Waals surface area (Å²) in [6.07, 6.45) is 4.66. The molecule has 4 aromatic carbocycles. The molecule has 4 bridgehead atoms. The molecular formula is C82H119N9O12S. The number of nitrogens with zero attached hydrogens (tertiary/aromatic N) is 6. The van der Waals surface area contributed by atoms with Gasteiger partial charge in [0.1, 0.15) is 41.8 Å². The number of methoxy groups -OCH3 is 2. The highest BCUT2D eigenvalue weighted by Crippen LogP contribution is 2.62. The topological polar surface area (TPSA) is 242 Å². The number of rotatable bonds is 28. The molecule has 6 saturated carbocycles. The first-order chi connectivity index (χ1) is 49.3. The van der Waals surface area contributed by atoms with Gasteiger partial charge >= 0.3 is 0 Å². The zero-order valence-electron chi connectivity index (χ0n) is 64.8. The van der Waals surface area contributed by atoms with Gasteiger partial charge in [-0.15, -0.1) is 11.3 Å². The Morgan fingerprint density at radius 3 is 1.52 bits per heavy atom. The fourth-order valence-electron chi connectivity index (χ4n) is 18.2. The molecule has 17 atom stereocenters. The standard InChI is InChI=1S/C43H59N5O7S.C39H60N4O5/c1-24-33-19-29(43(33,3)4)20-34(24)44-41(52)38-37(25(2)50)36(23-49)55-48(38)22-26-12-10-14-32(39(26)54-9)27-16-28(18-30(17-27)46(5)6)40(51)45-35(42(53)47(7)8)21-31-13-11-15-56-31;1-24-32-20-29(39(32,3)4)21-33(24)40-38(46)36-35(25(2)45)34(23-44)48-43(36)22-27-14-12-15-31(37(27)47-9)28-17-26(13-10-11-16-41(5)6)18-30(19-28)42(7)8/h10-18,24-25,29,33-38,49-50H,19-23H2,1-9H3,(H,44,52)(H,45,51);12,14-15,17-19,24-25,29,32-36,44-45H,10-11,13,16,20-23H2,1-9H3,(H,40,46)/t24-,25-,29+,33-,34-,35-,36-,37+,38-;24-,25-,29+,32-,33-,34-,35-,36-/m00/s1. The number of thiophene rings is 1. The summed E-state index contributed by atoms with van der Waals surface area (Å²) in [5, 5.41) is 57.4. The molecule has 3 heterocycles. The highest BCUT2D eigenvalue weighted by Gasteiger charge is 2.59. The summed E-state index contributed by atoms with van der Waals surface area (Å²) in [4.78, 5) is 76.9. The van der Waals surface area contributed by atoms with Crippen LogP contribution in [-0.4, -0.2) is 209 Å². The summed E-state index contributed by atoms with van der Waals surface area (Å²) in [6.45, 7) is 18.0. The van der Waals surface area contributed by atoms with Crippen molar-refractivity contribution in [2.45, 2.75) is 174 Å². The average molecular weight is 1450 g/mol. The third kappa shape index (κ3) is 17.0. The van der Waals surface area contributed by atoms with E-state index in [0.717, 1.165) is 77.3 Å². The lowest BCUT2D eigenvalue weighted by Crippen LogP contribution is -2.62. The fraction of sp³-hybridized carbons (Fsp3) is 0.610. The van der Waals surface area contributed by atoms with Crippen LogP contribution in [0, 0.1) is 58.2 Å². The maximum Gasteiger partial charge on any atom is 0.252 e. The molecule has 0 radical (unpaired) electrons. The lowest BCUT2D eigenvalue weighted by Gasteiger charge is -2.62. The van der Waals surface area contributed by atoms with Gasteiger partial charge in [-0.25, -0.2) is 0 Å². The maximum absolute atomic E-state index is 14.3. The van der Waals surface area contributed by atoms with E-state index in [2.05, 4.69) is 120 Å². The molecule has 6 aliphatic carbocycles. The number of benzene rings is 4. The van der Waals surface area contributed by atoms with Crippen molar-refractivity contribution >= 4 is 46.3 Å². The highest BCUT2D eigenvalue weighted by molar-refractivity contribution is 7.09. The van der Waals surface area contributed by atoms with Gasteiger partial charge < -0.3 is 65.4 Å². The molecular weight excluding hydrogens is 1340 g/mol. The number of nitrogens with one attached hydrogen (secondary N) is 3. The first-order valence-electron chi connectivity index (χ1n) is 37.5. The summed E-state index contributed by atoms with van der Waals surface area (Å²) >= 11 is 1.54. The molecule has 4 amide bonds. The van der Waals surface area contributed by atoms with E-state index >= 15 is 0 Å². The molecule has 2 saturated heterocycles. The molecule has 21 nitrogen and oxygen atoms in total. The smallest absolute Gasteiger partial charge is 0.252 e. The second-order valence-corrected chi connectivity index (χ2v) is 33.7. The van der Waals surface area contributed by atoms with E-state index < -0.39 is 54.4 Å². The first-order valence-corrected chi connectivity index (χ1v) is 38.4. The molecule has 570 valence electrons. The Morgan fingerprint density at radius 1 is 0.635 bits per heavy atom. The number of amides is 4. The van der Waals surface area contributed by atoms with E-state index in [-0.39, 0.29) is 67.4 Å². The van der Waals surface area contributed by atoms with E-state index in [0.29, 0.717) is 75.3 Å². The van der Waals surface area contributed by atoms with Crippen molar-refractivity contribution in [3.63, 3.8) is 0 Å². The number of anilines is 2. The van der Waals surface area contributed by atoms with Crippen molar-refractivity contribution in [2.24, 2.45) is 58.2 Å². The number of aliphatic hydroxyl groups is 4. The maximum atomic E-state index is 14.3. The molecule has 0 unspecified atom stereocenters. The van der Waals surface area contributed by atoms with Gasteiger partial charge in [-0.1, -0.05) is 90.1 Å². The van der Waals surface area contributed by atoms with E-state index in [1.54, 1.807) is 64.4 Å². The van der Waals surface area contributed by atoms with Gasteiger partial charge in [-0.2, -0.15) is 10.1 Å². The van der Waals surface area contributed by atoms with Crippen LogP contribution in [0.4, 0.5) is 11.4 Å². The lowest BCUT2D eigenvalue weighted by atomic mass is 9.45. The minimum absolute atomic E-state index is 0.0177. The van der Waals surface area contributed by atoms with Gasteiger partial charge in [-0.3, -0.25) is 28.9 Å². The van der Waals surface area contributed by atoms with Crippen molar-refractivity contribution in [1.82, 2.24) is 35.9 Å². The Balaban J connectivity index is 0.000000226. The number of aryl methyl sites for hydroxylation is 1. The molecule has 22 heteroatoms. The average Bonchev–Trinajstić information content (AvgIpc) is 0.811. The van der Waals surface area contributed by atoms with Crippen LogP contribution in [0.15, 0.2) is 90.3 Å².